The smallest absolute Gasteiger partial charge is 0.151 e. The molecule has 0 aromatic carbocycles. The zero-order valence-electron chi connectivity index (χ0n) is 10.2. The minimum absolute atomic E-state index is 0.796. The van der Waals surface area contributed by atoms with Crippen LogP contribution in [-0.4, -0.2) is 42.1 Å². The van der Waals surface area contributed by atoms with Crippen molar-refractivity contribution in [3.8, 4) is 0 Å². The summed E-state index contributed by atoms with van der Waals surface area (Å²) in [7, 11) is 0. The van der Waals surface area contributed by atoms with Crippen molar-refractivity contribution in [2.75, 3.05) is 36.8 Å². The van der Waals surface area contributed by atoms with E-state index in [1.807, 2.05) is 18.3 Å². The lowest BCUT2D eigenvalue weighted by Gasteiger charge is -2.43. The van der Waals surface area contributed by atoms with Gasteiger partial charge in [-0.2, -0.15) is 0 Å². The second-order valence-corrected chi connectivity index (χ2v) is 5.02. The first-order valence-corrected chi connectivity index (χ1v) is 6.54. The molecule has 1 saturated heterocycles. The van der Waals surface area contributed by atoms with Gasteiger partial charge in [0.25, 0.3) is 0 Å². The van der Waals surface area contributed by atoms with Gasteiger partial charge in [-0.05, 0) is 25.0 Å². The molecule has 92 valence electrons. The Kier molecular flexibility index (Phi) is 2.89. The van der Waals surface area contributed by atoms with Gasteiger partial charge in [-0.3, -0.25) is 4.90 Å². The summed E-state index contributed by atoms with van der Waals surface area (Å²) >= 11 is 0. The molecule has 1 aliphatic heterocycles. The molecule has 2 N–H and O–H groups in total. The first-order chi connectivity index (χ1) is 8.34. The minimum atomic E-state index is 0.796. The Labute approximate surface area is 102 Å². The predicted molar refractivity (Wildman–Crippen MR) is 70.1 cm³/mol. The zero-order valence-corrected chi connectivity index (χ0v) is 10.2. The van der Waals surface area contributed by atoms with Crippen LogP contribution >= 0.6 is 0 Å². The second kappa shape index (κ2) is 4.53. The summed E-state index contributed by atoms with van der Waals surface area (Å²) in [5.41, 5.74) is 6.76. The van der Waals surface area contributed by atoms with Crippen LogP contribution in [0, 0.1) is 0 Å². The standard InChI is InChI=1S/C13H20N4/c14-12-5-2-6-15-13(12)17-9-7-16(8-10-17)11-3-1-4-11/h2,5-6,11H,1,3-4,7-10,14H2. The van der Waals surface area contributed by atoms with Crippen molar-refractivity contribution in [1.29, 1.82) is 0 Å². The average Bonchev–Trinajstić information content (AvgIpc) is 2.29. The summed E-state index contributed by atoms with van der Waals surface area (Å²) in [5, 5.41) is 0. The molecule has 0 amide bonds. The molecule has 0 unspecified atom stereocenters. The van der Waals surface area contributed by atoms with E-state index in [4.69, 9.17) is 5.73 Å². The largest absolute Gasteiger partial charge is 0.396 e. The molecule has 1 aromatic heterocycles. The number of piperazine rings is 1. The lowest BCUT2D eigenvalue weighted by atomic mass is 9.91. The summed E-state index contributed by atoms with van der Waals surface area (Å²) in [4.78, 5) is 9.32. The van der Waals surface area contributed by atoms with Crippen molar-refractivity contribution in [1.82, 2.24) is 9.88 Å². The molecule has 4 nitrogen and oxygen atoms in total. The van der Waals surface area contributed by atoms with Crippen LogP contribution in [0.5, 0.6) is 0 Å². The van der Waals surface area contributed by atoms with Crippen molar-refractivity contribution in [2.45, 2.75) is 25.3 Å². The highest BCUT2D eigenvalue weighted by molar-refractivity contribution is 5.62. The van der Waals surface area contributed by atoms with Crippen LogP contribution in [0.15, 0.2) is 18.3 Å². The maximum absolute atomic E-state index is 5.97. The molecule has 0 atom stereocenters. The van der Waals surface area contributed by atoms with E-state index in [-0.39, 0.29) is 0 Å². The van der Waals surface area contributed by atoms with Gasteiger partial charge in [0.1, 0.15) is 0 Å². The Bertz CT molecular complexity index is 381. The number of hydrogen-bond acceptors (Lipinski definition) is 4. The number of anilines is 2. The van der Waals surface area contributed by atoms with Crippen molar-refractivity contribution in [3.63, 3.8) is 0 Å². The van der Waals surface area contributed by atoms with Gasteiger partial charge in [-0.25, -0.2) is 4.98 Å². The van der Waals surface area contributed by atoms with E-state index in [1.165, 1.54) is 19.3 Å². The highest BCUT2D eigenvalue weighted by Crippen LogP contribution is 2.27. The van der Waals surface area contributed by atoms with E-state index in [9.17, 15) is 0 Å². The molecule has 1 aromatic rings. The molecule has 0 spiro atoms. The van der Waals surface area contributed by atoms with Crippen molar-refractivity contribution in [2.24, 2.45) is 0 Å². The summed E-state index contributed by atoms with van der Waals surface area (Å²) in [6.45, 7) is 4.41. The molecular weight excluding hydrogens is 212 g/mol. The maximum Gasteiger partial charge on any atom is 0.151 e. The Hall–Kier alpha value is -1.29. The molecule has 1 saturated carbocycles. The van der Waals surface area contributed by atoms with Gasteiger partial charge in [-0.15, -0.1) is 0 Å². The zero-order chi connectivity index (χ0) is 11.7. The number of aromatic nitrogens is 1. The minimum Gasteiger partial charge on any atom is -0.396 e. The summed E-state index contributed by atoms with van der Waals surface area (Å²) in [6.07, 6.45) is 6.03. The van der Waals surface area contributed by atoms with Gasteiger partial charge in [0.05, 0.1) is 5.69 Å². The van der Waals surface area contributed by atoms with E-state index in [2.05, 4.69) is 14.8 Å². The number of rotatable bonds is 2. The van der Waals surface area contributed by atoms with Crippen molar-refractivity contribution >= 4 is 11.5 Å². The molecule has 2 heterocycles. The quantitative estimate of drug-likeness (QED) is 0.836. The van der Waals surface area contributed by atoms with Crippen LogP contribution in [0.3, 0.4) is 0 Å². The highest BCUT2D eigenvalue weighted by Gasteiger charge is 2.28. The Balaban J connectivity index is 1.63. The summed E-state index contributed by atoms with van der Waals surface area (Å²) in [6, 6.07) is 4.68. The van der Waals surface area contributed by atoms with Crippen LogP contribution < -0.4 is 10.6 Å². The van der Waals surface area contributed by atoms with Crippen LogP contribution in [0.25, 0.3) is 0 Å². The highest BCUT2D eigenvalue weighted by atomic mass is 15.3. The van der Waals surface area contributed by atoms with Gasteiger partial charge >= 0.3 is 0 Å². The Morgan fingerprint density at radius 1 is 1.18 bits per heavy atom. The Morgan fingerprint density at radius 2 is 1.94 bits per heavy atom. The third-order valence-corrected chi connectivity index (χ3v) is 4.02. The lowest BCUT2D eigenvalue weighted by molar-refractivity contribution is 0.120. The summed E-state index contributed by atoms with van der Waals surface area (Å²) in [5.74, 6) is 0.959. The van der Waals surface area contributed by atoms with Gasteiger partial charge < -0.3 is 10.6 Å². The number of nitrogens with two attached hydrogens (primary N) is 1. The third-order valence-electron chi connectivity index (χ3n) is 4.02. The van der Waals surface area contributed by atoms with Gasteiger partial charge in [0, 0.05) is 38.4 Å². The first-order valence-electron chi connectivity index (χ1n) is 6.54. The summed E-state index contributed by atoms with van der Waals surface area (Å²) < 4.78 is 0. The molecule has 2 aliphatic rings. The normalized spacial score (nSPS) is 22.5. The number of nitrogen functional groups attached to an aromatic ring is 1. The maximum atomic E-state index is 5.97. The van der Waals surface area contributed by atoms with E-state index < -0.39 is 0 Å². The SMILES string of the molecule is Nc1cccnc1N1CCN(C2CCC2)CC1. The average molecular weight is 232 g/mol. The monoisotopic (exact) mass is 232 g/mol. The van der Waals surface area contributed by atoms with E-state index in [0.717, 1.165) is 43.7 Å². The fourth-order valence-corrected chi connectivity index (χ4v) is 2.72. The molecule has 0 bridgehead atoms. The second-order valence-electron chi connectivity index (χ2n) is 5.02. The van der Waals surface area contributed by atoms with Gasteiger partial charge in [0.2, 0.25) is 0 Å². The fraction of sp³-hybridized carbons (Fsp3) is 0.615. The molecule has 3 rings (SSSR count). The van der Waals surface area contributed by atoms with Crippen molar-refractivity contribution < 1.29 is 0 Å². The molecular formula is C13H20N4. The topological polar surface area (TPSA) is 45.4 Å². The lowest BCUT2D eigenvalue weighted by Crippen LogP contribution is -2.52. The molecule has 2 fully saturated rings. The van der Waals surface area contributed by atoms with Crippen LogP contribution in [0.4, 0.5) is 11.5 Å². The van der Waals surface area contributed by atoms with E-state index >= 15 is 0 Å². The number of hydrogen-bond donors (Lipinski definition) is 1. The predicted octanol–water partition coefficient (Wildman–Crippen LogP) is 1.34. The Morgan fingerprint density at radius 3 is 2.53 bits per heavy atom. The molecule has 4 heteroatoms. The van der Waals surface area contributed by atoms with E-state index in [1.54, 1.807) is 0 Å². The molecule has 17 heavy (non-hydrogen) atoms. The van der Waals surface area contributed by atoms with Crippen LogP contribution in [-0.2, 0) is 0 Å². The first kappa shape index (κ1) is 10.8. The van der Waals surface area contributed by atoms with E-state index in [0.29, 0.717) is 0 Å². The number of pyridine rings is 1. The van der Waals surface area contributed by atoms with Gasteiger partial charge in [0.15, 0.2) is 5.82 Å². The van der Waals surface area contributed by atoms with Crippen LogP contribution in [0.1, 0.15) is 19.3 Å². The third kappa shape index (κ3) is 2.09. The molecule has 1 aliphatic carbocycles. The number of nitrogens with zero attached hydrogens (tertiary/aromatic N) is 3. The van der Waals surface area contributed by atoms with Crippen LogP contribution in [0.2, 0.25) is 0 Å². The molecule has 0 radical (unpaired) electrons. The van der Waals surface area contributed by atoms with Crippen molar-refractivity contribution in [3.05, 3.63) is 18.3 Å². The fourth-order valence-electron chi connectivity index (χ4n) is 2.72. The van der Waals surface area contributed by atoms with Gasteiger partial charge in [-0.1, -0.05) is 6.42 Å².